The maximum atomic E-state index is 11.5. The topological polar surface area (TPSA) is 94.4 Å². The second kappa shape index (κ2) is 7.73. The summed E-state index contributed by atoms with van der Waals surface area (Å²) >= 11 is 4.96. The molecular formula is C19H20N4O3S. The van der Waals surface area contributed by atoms with Gasteiger partial charge >= 0.3 is 0 Å². The van der Waals surface area contributed by atoms with Crippen molar-refractivity contribution in [2.24, 2.45) is 0 Å². The molecule has 140 valence electrons. The van der Waals surface area contributed by atoms with Crippen LogP contribution in [0.25, 0.3) is 11.5 Å². The average molecular weight is 384 g/mol. The summed E-state index contributed by atoms with van der Waals surface area (Å²) in [7, 11) is 0. The Hall–Kier alpha value is -2.97. The number of hydroxylamine groups is 2. The Bertz CT molecular complexity index is 1030. The van der Waals surface area contributed by atoms with E-state index in [1.54, 1.807) is 6.92 Å². The van der Waals surface area contributed by atoms with E-state index in [9.17, 15) is 10.0 Å². The quantitative estimate of drug-likeness (QED) is 0.334. The summed E-state index contributed by atoms with van der Waals surface area (Å²) in [5, 5.41) is 20.8. The zero-order valence-electron chi connectivity index (χ0n) is 15.2. The van der Waals surface area contributed by atoms with E-state index in [1.807, 2.05) is 49.4 Å². The Morgan fingerprint density at radius 3 is 2.63 bits per heavy atom. The minimum atomic E-state index is -0.469. The first-order valence-electron chi connectivity index (χ1n) is 8.38. The lowest BCUT2D eigenvalue weighted by Crippen LogP contribution is -2.28. The van der Waals surface area contributed by atoms with Crippen LogP contribution in [0.2, 0.25) is 0 Å². The van der Waals surface area contributed by atoms with Crippen LogP contribution in [0, 0.1) is 11.8 Å². The van der Waals surface area contributed by atoms with Crippen molar-refractivity contribution in [1.82, 2.24) is 15.3 Å². The number of benzene rings is 2. The van der Waals surface area contributed by atoms with Crippen molar-refractivity contribution in [3.63, 3.8) is 0 Å². The minimum absolute atomic E-state index is 0.207. The van der Waals surface area contributed by atoms with Crippen molar-refractivity contribution in [2.75, 3.05) is 5.32 Å². The number of aromatic nitrogens is 2. The van der Waals surface area contributed by atoms with Crippen molar-refractivity contribution in [2.45, 2.75) is 26.8 Å². The van der Waals surface area contributed by atoms with Crippen LogP contribution in [0.15, 0.2) is 46.9 Å². The zero-order valence-corrected chi connectivity index (χ0v) is 16.0. The van der Waals surface area contributed by atoms with Crippen molar-refractivity contribution in [3.8, 4) is 11.5 Å². The van der Waals surface area contributed by atoms with Crippen LogP contribution in [0.5, 0.6) is 0 Å². The molecule has 1 aromatic heterocycles. The van der Waals surface area contributed by atoms with E-state index < -0.39 is 11.9 Å². The van der Waals surface area contributed by atoms with Gasteiger partial charge in [-0.05, 0) is 55.4 Å². The Morgan fingerprint density at radius 1 is 1.26 bits per heavy atom. The number of H-pyrrole nitrogens is 1. The molecule has 1 heterocycles. The number of hydrogen-bond acceptors (Lipinski definition) is 6. The summed E-state index contributed by atoms with van der Waals surface area (Å²) in [6, 6.07) is 12.8. The summed E-state index contributed by atoms with van der Waals surface area (Å²) in [4.78, 5) is 11.7. The first-order chi connectivity index (χ1) is 12.9. The van der Waals surface area contributed by atoms with Crippen molar-refractivity contribution >= 4 is 29.5 Å². The highest BCUT2D eigenvalue weighted by Gasteiger charge is 2.19. The molecule has 0 fully saturated rings. The van der Waals surface area contributed by atoms with Gasteiger partial charge in [-0.3, -0.25) is 10.0 Å². The molecule has 0 aliphatic rings. The molecule has 8 heteroatoms. The van der Waals surface area contributed by atoms with E-state index >= 15 is 0 Å². The zero-order chi connectivity index (χ0) is 19.6. The third-order valence-corrected chi connectivity index (χ3v) is 4.55. The van der Waals surface area contributed by atoms with Crippen LogP contribution in [0.1, 0.15) is 31.0 Å². The molecule has 1 atom stereocenters. The highest BCUT2D eigenvalue weighted by atomic mass is 32.1. The Kier molecular flexibility index (Phi) is 5.38. The number of nitrogens with zero attached hydrogens (tertiary/aromatic N) is 2. The molecule has 3 rings (SSSR count). The van der Waals surface area contributed by atoms with E-state index in [4.69, 9.17) is 16.6 Å². The van der Waals surface area contributed by atoms with Crippen LogP contribution in [-0.2, 0) is 4.79 Å². The largest absolute Gasteiger partial charge is 0.409 e. The van der Waals surface area contributed by atoms with Gasteiger partial charge in [0.05, 0.1) is 17.3 Å². The number of carbonyl (C=O) groups excluding carboxylic acids is 1. The standard InChI is InChI=1S/C19H20N4O3S/c1-11-14(12(2)23(25)13(3)24)8-6-10-16(11)20-17-9-5-4-7-15(17)18-21-22-19(27)26-18/h4-10,12,20,25H,1-3H3,(H,22,27). The molecule has 7 nitrogen and oxygen atoms in total. The van der Waals surface area contributed by atoms with Gasteiger partial charge in [0.2, 0.25) is 11.8 Å². The number of rotatable bonds is 5. The van der Waals surface area contributed by atoms with Gasteiger partial charge in [0.1, 0.15) is 0 Å². The van der Waals surface area contributed by atoms with Gasteiger partial charge in [-0.2, -0.15) is 0 Å². The molecule has 0 spiro atoms. The molecule has 1 amide bonds. The molecule has 2 aromatic carbocycles. The predicted octanol–water partition coefficient (Wildman–Crippen LogP) is 4.75. The fraction of sp³-hybridized carbons (Fsp3) is 0.211. The molecule has 3 N–H and O–H groups in total. The first-order valence-corrected chi connectivity index (χ1v) is 8.79. The molecular weight excluding hydrogens is 364 g/mol. The molecule has 0 radical (unpaired) electrons. The van der Waals surface area contributed by atoms with E-state index in [0.717, 1.165) is 33.1 Å². The average Bonchev–Trinajstić information content (AvgIpc) is 3.09. The summed E-state index contributed by atoms with van der Waals surface area (Å²) in [6.07, 6.45) is 0. The van der Waals surface area contributed by atoms with Gasteiger partial charge in [0, 0.05) is 12.6 Å². The Morgan fingerprint density at radius 2 is 1.96 bits per heavy atom. The SMILES string of the molecule is CC(=O)N(O)C(C)c1cccc(Nc2ccccc2-c2n[nH]c(=S)o2)c1C. The normalized spacial score (nSPS) is 11.9. The van der Waals surface area contributed by atoms with Crippen molar-refractivity contribution in [3.05, 3.63) is 58.4 Å². The van der Waals surface area contributed by atoms with E-state index in [-0.39, 0.29) is 4.84 Å². The molecule has 3 aromatic rings. The lowest BCUT2D eigenvalue weighted by molar-refractivity contribution is -0.172. The smallest absolute Gasteiger partial charge is 0.284 e. The van der Waals surface area contributed by atoms with Crippen LogP contribution >= 0.6 is 12.2 Å². The van der Waals surface area contributed by atoms with Gasteiger partial charge in [-0.1, -0.05) is 24.3 Å². The molecule has 27 heavy (non-hydrogen) atoms. The summed E-state index contributed by atoms with van der Waals surface area (Å²) in [6.45, 7) is 5.03. The van der Waals surface area contributed by atoms with Crippen molar-refractivity contribution < 1.29 is 14.4 Å². The maximum absolute atomic E-state index is 11.5. The minimum Gasteiger partial charge on any atom is -0.409 e. The van der Waals surface area contributed by atoms with Crippen LogP contribution in [0.3, 0.4) is 0 Å². The number of hydrogen-bond donors (Lipinski definition) is 3. The highest BCUT2D eigenvalue weighted by Crippen LogP contribution is 2.33. The summed E-state index contributed by atoms with van der Waals surface area (Å²) in [5.41, 5.74) is 4.16. The van der Waals surface area contributed by atoms with Crippen LogP contribution in [-0.4, -0.2) is 26.4 Å². The van der Waals surface area contributed by atoms with E-state index in [1.165, 1.54) is 6.92 Å². The fourth-order valence-electron chi connectivity index (χ4n) is 2.91. The van der Waals surface area contributed by atoms with Gasteiger partial charge in [0.25, 0.3) is 4.84 Å². The van der Waals surface area contributed by atoms with Crippen LogP contribution < -0.4 is 5.32 Å². The summed E-state index contributed by atoms with van der Waals surface area (Å²) < 4.78 is 5.43. The van der Waals surface area contributed by atoms with Gasteiger partial charge < -0.3 is 9.73 Å². The second-order valence-corrected chi connectivity index (χ2v) is 6.52. The second-order valence-electron chi connectivity index (χ2n) is 6.15. The highest BCUT2D eigenvalue weighted by molar-refractivity contribution is 7.71. The first kappa shape index (κ1) is 18.8. The van der Waals surface area contributed by atoms with E-state index in [0.29, 0.717) is 5.89 Å². The summed E-state index contributed by atoms with van der Waals surface area (Å²) in [5.74, 6) is -0.0196. The Labute approximate surface area is 161 Å². The fourth-order valence-corrected chi connectivity index (χ4v) is 3.04. The van der Waals surface area contributed by atoms with Gasteiger partial charge in [0.15, 0.2) is 0 Å². The van der Waals surface area contributed by atoms with Crippen LogP contribution in [0.4, 0.5) is 11.4 Å². The lowest BCUT2D eigenvalue weighted by atomic mass is 10.00. The van der Waals surface area contributed by atoms with Gasteiger partial charge in [-0.15, -0.1) is 5.10 Å². The number of aromatic amines is 1. The molecule has 0 saturated carbocycles. The predicted molar refractivity (Wildman–Crippen MR) is 104 cm³/mol. The van der Waals surface area contributed by atoms with Gasteiger partial charge in [-0.25, -0.2) is 10.2 Å². The van der Waals surface area contributed by atoms with E-state index in [2.05, 4.69) is 15.5 Å². The molecule has 0 aliphatic carbocycles. The number of anilines is 2. The molecule has 0 saturated heterocycles. The molecule has 0 aliphatic heterocycles. The number of carbonyl (C=O) groups is 1. The number of para-hydroxylation sites is 1. The lowest BCUT2D eigenvalue weighted by Gasteiger charge is -2.24. The monoisotopic (exact) mass is 384 g/mol. The van der Waals surface area contributed by atoms with Crippen molar-refractivity contribution in [1.29, 1.82) is 0 Å². The maximum Gasteiger partial charge on any atom is 0.284 e. The third kappa shape index (κ3) is 3.91. The number of nitrogens with one attached hydrogen (secondary N) is 2. The third-order valence-electron chi connectivity index (χ3n) is 4.38. The Balaban J connectivity index is 1.97. The molecule has 1 unspecified atom stereocenters. The number of amides is 1. The molecule has 0 bridgehead atoms.